The summed E-state index contributed by atoms with van der Waals surface area (Å²) in [5.74, 6) is 0.802. The van der Waals surface area contributed by atoms with Gasteiger partial charge in [-0.25, -0.2) is 0 Å². The Bertz CT molecular complexity index is 185. The molecule has 0 aromatic carbocycles. The molecule has 0 aliphatic heterocycles. The zero-order valence-electron chi connectivity index (χ0n) is 12.1. The van der Waals surface area contributed by atoms with Crippen molar-refractivity contribution in [3.63, 3.8) is 0 Å². The number of hydrogen-bond acceptors (Lipinski definition) is 2. The smallest absolute Gasteiger partial charge is 0.0806 e. The lowest BCUT2D eigenvalue weighted by atomic mass is 10.0. The van der Waals surface area contributed by atoms with Crippen molar-refractivity contribution in [1.29, 1.82) is 0 Å². The molecule has 1 saturated carbocycles. The van der Waals surface area contributed by atoms with Crippen LogP contribution in [0.3, 0.4) is 0 Å². The van der Waals surface area contributed by atoms with Gasteiger partial charge < -0.3 is 10.1 Å². The number of rotatable bonds is 9. The molecular weight excluding hydrogens is 210 g/mol. The number of hydrogen-bond donors (Lipinski definition) is 1. The van der Waals surface area contributed by atoms with Crippen molar-refractivity contribution in [1.82, 2.24) is 5.32 Å². The van der Waals surface area contributed by atoms with E-state index in [9.17, 15) is 0 Å². The summed E-state index contributed by atoms with van der Waals surface area (Å²) in [6.45, 7) is 9.92. The van der Waals surface area contributed by atoms with Crippen molar-refractivity contribution in [2.24, 2.45) is 5.92 Å². The molecule has 0 unspecified atom stereocenters. The molecule has 2 heteroatoms. The van der Waals surface area contributed by atoms with Gasteiger partial charge in [-0.15, -0.1) is 0 Å². The van der Waals surface area contributed by atoms with Gasteiger partial charge in [0, 0.05) is 13.2 Å². The van der Waals surface area contributed by atoms with E-state index in [4.69, 9.17) is 4.74 Å². The minimum atomic E-state index is 0.173. The lowest BCUT2D eigenvalue weighted by Gasteiger charge is -2.30. The van der Waals surface area contributed by atoms with Gasteiger partial charge in [-0.1, -0.05) is 33.6 Å². The van der Waals surface area contributed by atoms with Gasteiger partial charge in [-0.2, -0.15) is 0 Å². The Morgan fingerprint density at radius 2 is 1.94 bits per heavy atom. The highest BCUT2D eigenvalue weighted by Crippen LogP contribution is 2.33. The third-order valence-corrected chi connectivity index (χ3v) is 3.72. The molecule has 0 saturated heterocycles. The van der Waals surface area contributed by atoms with Crippen LogP contribution < -0.4 is 5.32 Å². The topological polar surface area (TPSA) is 21.3 Å². The molecule has 0 atom stereocenters. The van der Waals surface area contributed by atoms with Crippen LogP contribution in [0.1, 0.15) is 65.7 Å². The van der Waals surface area contributed by atoms with Gasteiger partial charge in [0.25, 0.3) is 0 Å². The van der Waals surface area contributed by atoms with Gasteiger partial charge in [0.15, 0.2) is 0 Å². The summed E-state index contributed by atoms with van der Waals surface area (Å²) >= 11 is 0. The molecule has 0 radical (unpaired) electrons. The molecule has 2 nitrogen and oxygen atoms in total. The maximum absolute atomic E-state index is 6.23. The molecule has 1 rings (SSSR count). The highest BCUT2D eigenvalue weighted by molar-refractivity contribution is 4.88. The molecule has 0 heterocycles. The Kier molecular flexibility index (Phi) is 7.14. The van der Waals surface area contributed by atoms with Crippen LogP contribution >= 0.6 is 0 Å². The Morgan fingerprint density at radius 3 is 2.53 bits per heavy atom. The largest absolute Gasteiger partial charge is 0.374 e. The van der Waals surface area contributed by atoms with E-state index < -0.39 is 0 Å². The molecule has 1 aliphatic carbocycles. The zero-order chi connectivity index (χ0) is 12.6. The first kappa shape index (κ1) is 15.0. The summed E-state index contributed by atoms with van der Waals surface area (Å²) in [4.78, 5) is 0. The Morgan fingerprint density at radius 1 is 1.24 bits per heavy atom. The predicted molar refractivity (Wildman–Crippen MR) is 74.4 cm³/mol. The van der Waals surface area contributed by atoms with Crippen molar-refractivity contribution in [2.45, 2.75) is 71.3 Å². The van der Waals surface area contributed by atoms with E-state index in [1.54, 1.807) is 0 Å². The molecule has 0 amide bonds. The molecule has 0 bridgehead atoms. The van der Waals surface area contributed by atoms with Crippen LogP contribution in [-0.4, -0.2) is 25.3 Å². The normalized spacial score (nSPS) is 19.1. The van der Waals surface area contributed by atoms with Crippen LogP contribution in [0.4, 0.5) is 0 Å². The molecule has 1 N–H and O–H groups in total. The van der Waals surface area contributed by atoms with Gasteiger partial charge in [-0.05, 0) is 44.6 Å². The van der Waals surface area contributed by atoms with Crippen molar-refractivity contribution in [3.8, 4) is 0 Å². The third-order valence-electron chi connectivity index (χ3n) is 3.72. The summed E-state index contributed by atoms with van der Waals surface area (Å²) in [5.41, 5.74) is 0.173. The fourth-order valence-electron chi connectivity index (χ4n) is 2.66. The van der Waals surface area contributed by atoms with Crippen LogP contribution in [-0.2, 0) is 4.74 Å². The predicted octanol–water partition coefficient (Wildman–Crippen LogP) is 3.75. The average molecular weight is 241 g/mol. The van der Waals surface area contributed by atoms with Gasteiger partial charge >= 0.3 is 0 Å². The first-order valence-corrected chi connectivity index (χ1v) is 7.53. The standard InChI is InChI=1S/C15H31NO/c1-4-11-16-13-15(9-5-6-10-15)17-12-7-8-14(2)3/h14,16H,4-13H2,1-3H3. The molecule has 0 aromatic rings. The second kappa shape index (κ2) is 8.10. The Hall–Kier alpha value is -0.0800. The first-order chi connectivity index (χ1) is 8.18. The van der Waals surface area contributed by atoms with Gasteiger partial charge in [0.05, 0.1) is 5.60 Å². The maximum Gasteiger partial charge on any atom is 0.0806 e. The summed E-state index contributed by atoms with van der Waals surface area (Å²) < 4.78 is 6.23. The van der Waals surface area contributed by atoms with Crippen molar-refractivity contribution >= 4 is 0 Å². The van der Waals surface area contributed by atoms with Crippen LogP contribution in [0, 0.1) is 5.92 Å². The van der Waals surface area contributed by atoms with Crippen LogP contribution in [0.5, 0.6) is 0 Å². The van der Waals surface area contributed by atoms with E-state index in [2.05, 4.69) is 26.1 Å². The lowest BCUT2D eigenvalue weighted by Crippen LogP contribution is -2.41. The maximum atomic E-state index is 6.23. The molecule has 0 aromatic heterocycles. The number of ether oxygens (including phenoxy) is 1. The SMILES string of the molecule is CCCNCC1(OCCCC(C)C)CCCC1. The first-order valence-electron chi connectivity index (χ1n) is 7.53. The van der Waals surface area contributed by atoms with Crippen LogP contribution in [0.15, 0.2) is 0 Å². The summed E-state index contributed by atoms with van der Waals surface area (Å²) in [7, 11) is 0. The summed E-state index contributed by atoms with van der Waals surface area (Å²) in [6, 6.07) is 0. The monoisotopic (exact) mass is 241 g/mol. The highest BCUT2D eigenvalue weighted by Gasteiger charge is 2.34. The van der Waals surface area contributed by atoms with E-state index in [0.717, 1.165) is 25.6 Å². The second-order valence-corrected chi connectivity index (χ2v) is 5.95. The van der Waals surface area contributed by atoms with Crippen molar-refractivity contribution in [3.05, 3.63) is 0 Å². The lowest BCUT2D eigenvalue weighted by molar-refractivity contribution is -0.0413. The Labute approximate surface area is 108 Å². The second-order valence-electron chi connectivity index (χ2n) is 5.95. The fraction of sp³-hybridized carbons (Fsp3) is 1.00. The van der Waals surface area contributed by atoms with Crippen molar-refractivity contribution < 1.29 is 4.74 Å². The molecule has 102 valence electrons. The van der Waals surface area contributed by atoms with Gasteiger partial charge in [0.1, 0.15) is 0 Å². The molecule has 1 fully saturated rings. The Balaban J connectivity index is 2.22. The number of nitrogens with one attached hydrogen (secondary N) is 1. The summed E-state index contributed by atoms with van der Waals surface area (Å²) in [6.07, 6.45) is 8.92. The third kappa shape index (κ3) is 5.87. The van der Waals surface area contributed by atoms with E-state index >= 15 is 0 Å². The minimum absolute atomic E-state index is 0.173. The van der Waals surface area contributed by atoms with Gasteiger partial charge in [0.2, 0.25) is 0 Å². The average Bonchev–Trinajstić information content (AvgIpc) is 2.74. The zero-order valence-corrected chi connectivity index (χ0v) is 12.1. The fourth-order valence-corrected chi connectivity index (χ4v) is 2.66. The van der Waals surface area contributed by atoms with Crippen LogP contribution in [0.2, 0.25) is 0 Å². The molecule has 0 spiro atoms. The van der Waals surface area contributed by atoms with Crippen LogP contribution in [0.25, 0.3) is 0 Å². The van der Waals surface area contributed by atoms with Crippen molar-refractivity contribution in [2.75, 3.05) is 19.7 Å². The molecular formula is C15H31NO. The molecule has 17 heavy (non-hydrogen) atoms. The van der Waals surface area contributed by atoms with E-state index in [-0.39, 0.29) is 5.60 Å². The molecule has 1 aliphatic rings. The van der Waals surface area contributed by atoms with E-state index in [0.29, 0.717) is 0 Å². The van der Waals surface area contributed by atoms with Gasteiger partial charge in [-0.3, -0.25) is 0 Å². The highest BCUT2D eigenvalue weighted by atomic mass is 16.5. The van der Waals surface area contributed by atoms with E-state index in [1.807, 2.05) is 0 Å². The summed E-state index contributed by atoms with van der Waals surface area (Å²) in [5, 5.41) is 3.54. The minimum Gasteiger partial charge on any atom is -0.374 e. The quantitative estimate of drug-likeness (QED) is 0.621. The van der Waals surface area contributed by atoms with E-state index in [1.165, 1.54) is 44.9 Å².